The second-order valence-corrected chi connectivity index (χ2v) is 7.43. The van der Waals surface area contributed by atoms with E-state index in [4.69, 9.17) is 0 Å². The summed E-state index contributed by atoms with van der Waals surface area (Å²) in [5.74, 6) is 0.239. The predicted octanol–water partition coefficient (Wildman–Crippen LogP) is 2.96. The molecule has 1 saturated heterocycles. The molecule has 0 atom stereocenters. The molecule has 1 aliphatic heterocycles. The summed E-state index contributed by atoms with van der Waals surface area (Å²) in [6.45, 7) is 8.15. The Bertz CT molecular complexity index is 636. The Balaban J connectivity index is 1.44. The van der Waals surface area contributed by atoms with Crippen molar-refractivity contribution in [3.63, 3.8) is 0 Å². The van der Waals surface area contributed by atoms with E-state index in [1.165, 1.54) is 4.88 Å². The third kappa shape index (κ3) is 5.06. The van der Waals surface area contributed by atoms with Crippen LogP contribution in [0, 0.1) is 0 Å². The molecule has 0 radical (unpaired) electrons. The van der Waals surface area contributed by atoms with Crippen molar-refractivity contribution < 1.29 is 4.79 Å². The minimum Gasteiger partial charge on any atom is -0.362 e. The molecule has 1 aromatic carbocycles. The van der Waals surface area contributed by atoms with Crippen LogP contribution >= 0.6 is 11.3 Å². The maximum absolute atomic E-state index is 12.7. The van der Waals surface area contributed by atoms with Crippen molar-refractivity contribution in [2.75, 3.05) is 50.7 Å². The zero-order valence-corrected chi connectivity index (χ0v) is 15.8. The molecule has 0 aliphatic carbocycles. The van der Waals surface area contributed by atoms with Gasteiger partial charge in [-0.05, 0) is 36.9 Å². The molecule has 1 fully saturated rings. The van der Waals surface area contributed by atoms with Crippen LogP contribution in [0.25, 0.3) is 0 Å². The van der Waals surface area contributed by atoms with E-state index in [0.29, 0.717) is 6.54 Å². The zero-order valence-electron chi connectivity index (χ0n) is 14.9. The van der Waals surface area contributed by atoms with Crippen molar-refractivity contribution >= 4 is 22.9 Å². The molecular weight excluding hydrogens is 330 g/mol. The predicted molar refractivity (Wildman–Crippen MR) is 105 cm³/mol. The molecular formula is C20H27N3OS. The Morgan fingerprint density at radius 2 is 1.84 bits per heavy atom. The minimum atomic E-state index is 0.239. The van der Waals surface area contributed by atoms with Crippen LogP contribution in [-0.4, -0.2) is 61.5 Å². The van der Waals surface area contributed by atoms with Gasteiger partial charge >= 0.3 is 0 Å². The van der Waals surface area contributed by atoms with Crippen molar-refractivity contribution in [1.82, 2.24) is 9.80 Å². The van der Waals surface area contributed by atoms with Gasteiger partial charge in [0.05, 0.1) is 6.54 Å². The van der Waals surface area contributed by atoms with Gasteiger partial charge in [0.2, 0.25) is 5.91 Å². The molecule has 2 aromatic rings. The van der Waals surface area contributed by atoms with Crippen molar-refractivity contribution in [2.24, 2.45) is 0 Å². The highest BCUT2D eigenvalue weighted by Gasteiger charge is 2.22. The number of rotatable bonds is 7. The SMILES string of the molecule is CCN(CC(=O)N1CCN(CCc2cccs2)CC1)c1ccccc1. The summed E-state index contributed by atoms with van der Waals surface area (Å²) in [7, 11) is 0. The van der Waals surface area contributed by atoms with E-state index in [1.807, 2.05) is 34.4 Å². The average molecular weight is 358 g/mol. The summed E-state index contributed by atoms with van der Waals surface area (Å²) in [6, 6.07) is 14.5. The van der Waals surface area contributed by atoms with Gasteiger partial charge < -0.3 is 9.80 Å². The molecule has 0 spiro atoms. The molecule has 0 N–H and O–H groups in total. The summed E-state index contributed by atoms with van der Waals surface area (Å²) in [5, 5.41) is 2.14. The van der Waals surface area contributed by atoms with Gasteiger partial charge in [-0.1, -0.05) is 24.3 Å². The summed E-state index contributed by atoms with van der Waals surface area (Å²) in [4.78, 5) is 20.7. The number of amides is 1. The lowest BCUT2D eigenvalue weighted by atomic mass is 10.2. The number of nitrogens with zero attached hydrogens (tertiary/aromatic N) is 3. The van der Waals surface area contributed by atoms with Gasteiger partial charge in [0.15, 0.2) is 0 Å². The number of carbonyl (C=O) groups is 1. The summed E-state index contributed by atoms with van der Waals surface area (Å²) in [5.41, 5.74) is 1.12. The monoisotopic (exact) mass is 357 g/mol. The maximum Gasteiger partial charge on any atom is 0.242 e. The molecule has 3 rings (SSSR count). The van der Waals surface area contributed by atoms with Crippen molar-refractivity contribution in [3.8, 4) is 0 Å². The topological polar surface area (TPSA) is 26.8 Å². The molecule has 0 unspecified atom stereocenters. The van der Waals surface area contributed by atoms with Gasteiger partial charge in [0.25, 0.3) is 0 Å². The zero-order chi connectivity index (χ0) is 17.5. The summed E-state index contributed by atoms with van der Waals surface area (Å²) in [6.07, 6.45) is 1.11. The molecule has 1 aliphatic rings. The normalized spacial score (nSPS) is 15.3. The van der Waals surface area contributed by atoms with Crippen LogP contribution in [0.1, 0.15) is 11.8 Å². The number of hydrogen-bond donors (Lipinski definition) is 0. The summed E-state index contributed by atoms with van der Waals surface area (Å²) < 4.78 is 0. The quantitative estimate of drug-likeness (QED) is 0.762. The number of likely N-dealkylation sites (N-methyl/N-ethyl adjacent to an activating group) is 1. The maximum atomic E-state index is 12.7. The van der Waals surface area contributed by atoms with Crippen LogP contribution in [0.5, 0.6) is 0 Å². The number of carbonyl (C=O) groups excluding carboxylic acids is 1. The lowest BCUT2D eigenvalue weighted by Crippen LogP contribution is -2.51. The Kier molecular flexibility index (Phi) is 6.48. The Hall–Kier alpha value is -1.85. The highest BCUT2D eigenvalue weighted by Crippen LogP contribution is 2.14. The summed E-state index contributed by atoms with van der Waals surface area (Å²) >= 11 is 1.83. The smallest absolute Gasteiger partial charge is 0.242 e. The largest absolute Gasteiger partial charge is 0.362 e. The highest BCUT2D eigenvalue weighted by molar-refractivity contribution is 7.09. The third-order valence-electron chi connectivity index (χ3n) is 4.81. The molecule has 0 bridgehead atoms. The van der Waals surface area contributed by atoms with Crippen LogP contribution < -0.4 is 4.90 Å². The van der Waals surface area contributed by atoms with E-state index in [1.54, 1.807) is 0 Å². The number of thiophene rings is 1. The average Bonchev–Trinajstić information content (AvgIpc) is 3.19. The van der Waals surface area contributed by atoms with Crippen LogP contribution in [0.4, 0.5) is 5.69 Å². The van der Waals surface area contributed by atoms with E-state index in [9.17, 15) is 4.79 Å². The molecule has 2 heterocycles. The molecule has 25 heavy (non-hydrogen) atoms. The first-order valence-electron chi connectivity index (χ1n) is 9.08. The lowest BCUT2D eigenvalue weighted by Gasteiger charge is -2.36. The van der Waals surface area contributed by atoms with Gasteiger partial charge in [-0.25, -0.2) is 0 Å². The van der Waals surface area contributed by atoms with E-state index < -0.39 is 0 Å². The van der Waals surface area contributed by atoms with Crippen molar-refractivity contribution in [1.29, 1.82) is 0 Å². The van der Waals surface area contributed by atoms with Crippen LogP contribution in [-0.2, 0) is 11.2 Å². The van der Waals surface area contributed by atoms with E-state index in [2.05, 4.69) is 46.4 Å². The fraction of sp³-hybridized carbons (Fsp3) is 0.450. The number of benzene rings is 1. The second-order valence-electron chi connectivity index (χ2n) is 6.40. The number of piperazine rings is 1. The first-order valence-corrected chi connectivity index (χ1v) is 9.96. The molecule has 4 nitrogen and oxygen atoms in total. The number of anilines is 1. The van der Waals surface area contributed by atoms with E-state index in [0.717, 1.165) is 51.4 Å². The van der Waals surface area contributed by atoms with Gasteiger partial charge in [-0.15, -0.1) is 11.3 Å². The highest BCUT2D eigenvalue weighted by atomic mass is 32.1. The second kappa shape index (κ2) is 9.02. The number of hydrogen-bond acceptors (Lipinski definition) is 4. The Morgan fingerprint density at radius 3 is 2.48 bits per heavy atom. The van der Waals surface area contributed by atoms with E-state index in [-0.39, 0.29) is 5.91 Å². The fourth-order valence-electron chi connectivity index (χ4n) is 3.23. The molecule has 1 aromatic heterocycles. The lowest BCUT2D eigenvalue weighted by molar-refractivity contribution is -0.131. The fourth-order valence-corrected chi connectivity index (χ4v) is 3.93. The van der Waals surface area contributed by atoms with Gasteiger partial charge in [-0.2, -0.15) is 0 Å². The Labute approximate surface area is 154 Å². The van der Waals surface area contributed by atoms with Crippen molar-refractivity contribution in [3.05, 3.63) is 52.7 Å². The standard InChI is InChI=1S/C20H27N3OS/c1-2-22(18-7-4-3-5-8-18)17-20(24)23-14-12-21(13-15-23)11-10-19-9-6-16-25-19/h3-9,16H,2,10-15,17H2,1H3. The molecule has 0 saturated carbocycles. The van der Waals surface area contributed by atoms with E-state index >= 15 is 0 Å². The molecule has 134 valence electrons. The van der Waals surface area contributed by atoms with Gasteiger partial charge in [-0.3, -0.25) is 9.69 Å². The molecule has 1 amide bonds. The first kappa shape index (κ1) is 18.0. The van der Waals surface area contributed by atoms with Crippen LogP contribution in [0.2, 0.25) is 0 Å². The van der Waals surface area contributed by atoms with Gasteiger partial charge in [0, 0.05) is 49.8 Å². The van der Waals surface area contributed by atoms with Crippen LogP contribution in [0.3, 0.4) is 0 Å². The molecule has 5 heteroatoms. The van der Waals surface area contributed by atoms with Crippen molar-refractivity contribution in [2.45, 2.75) is 13.3 Å². The third-order valence-corrected chi connectivity index (χ3v) is 5.74. The Morgan fingerprint density at radius 1 is 1.08 bits per heavy atom. The minimum absolute atomic E-state index is 0.239. The number of para-hydroxylation sites is 1. The van der Waals surface area contributed by atoms with Crippen LogP contribution in [0.15, 0.2) is 47.8 Å². The first-order chi connectivity index (χ1) is 12.3. The van der Waals surface area contributed by atoms with Gasteiger partial charge in [0.1, 0.15) is 0 Å².